The molecule has 0 atom stereocenters. The number of nitrogens with one attached hydrogen (secondary N) is 2. The summed E-state index contributed by atoms with van der Waals surface area (Å²) in [6.07, 6.45) is -4.76. The molecule has 0 bridgehead atoms. The van der Waals surface area contributed by atoms with E-state index in [9.17, 15) is 26.3 Å². The van der Waals surface area contributed by atoms with E-state index >= 15 is 0 Å². The van der Waals surface area contributed by atoms with Gasteiger partial charge in [-0.1, -0.05) is 18.2 Å². The van der Waals surface area contributed by atoms with Gasteiger partial charge in [0.15, 0.2) is 0 Å². The normalized spacial score (nSPS) is 11.6. The summed E-state index contributed by atoms with van der Waals surface area (Å²) in [6, 6.07) is 12.3. The first-order valence-electron chi connectivity index (χ1n) is 11.0. The number of rotatable bonds is 1. The van der Waals surface area contributed by atoms with Crippen molar-refractivity contribution in [1.29, 1.82) is 0 Å². The van der Waals surface area contributed by atoms with Crippen molar-refractivity contribution < 1.29 is 46.1 Å². The molecular formula is C25H19F6N5O4. The first-order valence-corrected chi connectivity index (χ1v) is 11.0. The molecule has 9 nitrogen and oxygen atoms in total. The van der Waals surface area contributed by atoms with Gasteiger partial charge in [-0.3, -0.25) is 4.98 Å². The van der Waals surface area contributed by atoms with Crippen molar-refractivity contribution in [2.24, 2.45) is 0 Å². The third-order valence-corrected chi connectivity index (χ3v) is 5.31. The third-order valence-electron chi connectivity index (χ3n) is 5.31. The molecule has 0 saturated heterocycles. The number of fused-ring (bicyclic) bond motifs is 5. The van der Waals surface area contributed by atoms with Gasteiger partial charge in [0.1, 0.15) is 17.3 Å². The molecule has 210 valence electrons. The number of imidazole rings is 1. The van der Waals surface area contributed by atoms with Crippen LogP contribution in [0.3, 0.4) is 0 Å². The second-order valence-electron chi connectivity index (χ2n) is 8.13. The average Bonchev–Trinajstić information content (AvgIpc) is 3.23. The van der Waals surface area contributed by atoms with Crippen molar-refractivity contribution in [3.8, 4) is 33.9 Å². The highest BCUT2D eigenvalue weighted by atomic mass is 19.4. The number of halogens is 6. The SMILES string of the molecule is Cc1cccc(C)c1-c1nc2c([nH]1)-c1ccncc1Nc1ncccc1-2.O=C(O)C(F)(F)F.O=C(O)C(F)(F)F. The third kappa shape index (κ3) is 6.73. The molecular weight excluding hydrogens is 548 g/mol. The van der Waals surface area contributed by atoms with Gasteiger partial charge < -0.3 is 20.5 Å². The molecule has 1 aliphatic rings. The Balaban J connectivity index is 0.000000263. The number of benzene rings is 1. The maximum atomic E-state index is 10.6. The van der Waals surface area contributed by atoms with Crippen LogP contribution in [0.1, 0.15) is 11.1 Å². The summed E-state index contributed by atoms with van der Waals surface area (Å²) in [4.78, 5) is 35.1. The van der Waals surface area contributed by atoms with Gasteiger partial charge in [0.2, 0.25) is 0 Å². The van der Waals surface area contributed by atoms with E-state index in [1.165, 1.54) is 11.1 Å². The monoisotopic (exact) mass is 567 g/mol. The van der Waals surface area contributed by atoms with Gasteiger partial charge in [-0.05, 0) is 43.2 Å². The second-order valence-corrected chi connectivity index (χ2v) is 8.13. The topological polar surface area (TPSA) is 141 Å². The molecule has 40 heavy (non-hydrogen) atoms. The number of aromatic nitrogens is 4. The van der Waals surface area contributed by atoms with Crippen LogP contribution < -0.4 is 5.32 Å². The minimum Gasteiger partial charge on any atom is -0.475 e. The Morgan fingerprint density at radius 3 is 1.95 bits per heavy atom. The summed E-state index contributed by atoms with van der Waals surface area (Å²) in [5.41, 5.74) is 8.38. The predicted octanol–water partition coefficient (Wildman–Crippen LogP) is 6.14. The Bertz CT molecular complexity index is 1440. The van der Waals surface area contributed by atoms with E-state index in [0.717, 1.165) is 45.4 Å². The number of anilines is 2. The van der Waals surface area contributed by atoms with Gasteiger partial charge in [0.05, 0.1) is 17.6 Å². The summed E-state index contributed by atoms with van der Waals surface area (Å²) in [5, 5.41) is 17.6. The van der Waals surface area contributed by atoms with Gasteiger partial charge in [0, 0.05) is 29.1 Å². The van der Waals surface area contributed by atoms with Gasteiger partial charge in [-0.15, -0.1) is 0 Å². The van der Waals surface area contributed by atoms with E-state index in [1.807, 2.05) is 24.4 Å². The van der Waals surface area contributed by atoms with Crippen LogP contribution in [0, 0.1) is 13.8 Å². The van der Waals surface area contributed by atoms with Crippen LogP contribution in [0.4, 0.5) is 37.8 Å². The zero-order valence-corrected chi connectivity index (χ0v) is 20.5. The lowest BCUT2D eigenvalue weighted by atomic mass is 10.0. The van der Waals surface area contributed by atoms with Crippen molar-refractivity contribution in [2.45, 2.75) is 26.2 Å². The lowest BCUT2D eigenvalue weighted by molar-refractivity contribution is -0.193. The number of hydrogen-bond donors (Lipinski definition) is 4. The first-order chi connectivity index (χ1) is 18.6. The Hall–Kier alpha value is -4.95. The molecule has 1 aliphatic heterocycles. The summed E-state index contributed by atoms with van der Waals surface area (Å²) in [7, 11) is 0. The quantitative estimate of drug-likeness (QED) is 0.177. The first kappa shape index (κ1) is 29.6. The van der Waals surface area contributed by atoms with E-state index in [0.29, 0.717) is 0 Å². The Labute approximate surface area is 221 Å². The van der Waals surface area contributed by atoms with Crippen molar-refractivity contribution >= 4 is 23.4 Å². The molecule has 0 aliphatic carbocycles. The highest BCUT2D eigenvalue weighted by Crippen LogP contribution is 2.43. The minimum atomic E-state index is -5.08. The lowest BCUT2D eigenvalue weighted by Gasteiger charge is -2.09. The number of aromatic amines is 1. The molecule has 4 heterocycles. The lowest BCUT2D eigenvalue weighted by Crippen LogP contribution is -2.21. The molecule has 0 spiro atoms. The van der Waals surface area contributed by atoms with E-state index in [4.69, 9.17) is 24.8 Å². The van der Waals surface area contributed by atoms with Crippen LogP contribution in [-0.4, -0.2) is 54.4 Å². The minimum absolute atomic E-state index is 0.792. The Kier molecular flexibility index (Phi) is 8.46. The van der Waals surface area contributed by atoms with E-state index in [1.54, 1.807) is 12.4 Å². The Morgan fingerprint density at radius 2 is 1.40 bits per heavy atom. The summed E-state index contributed by atoms with van der Waals surface area (Å²) in [6.45, 7) is 4.23. The second kappa shape index (κ2) is 11.4. The van der Waals surface area contributed by atoms with Crippen LogP contribution >= 0.6 is 0 Å². The molecule has 5 rings (SSSR count). The van der Waals surface area contributed by atoms with Gasteiger partial charge >= 0.3 is 24.3 Å². The summed E-state index contributed by atoms with van der Waals surface area (Å²) >= 11 is 0. The fourth-order valence-corrected chi connectivity index (χ4v) is 3.61. The van der Waals surface area contributed by atoms with Crippen molar-refractivity contribution in [3.63, 3.8) is 0 Å². The predicted molar refractivity (Wildman–Crippen MR) is 131 cm³/mol. The number of aliphatic carboxylic acids is 2. The van der Waals surface area contributed by atoms with Crippen molar-refractivity contribution in [2.75, 3.05) is 5.32 Å². The van der Waals surface area contributed by atoms with Crippen molar-refractivity contribution in [3.05, 3.63) is 66.1 Å². The van der Waals surface area contributed by atoms with E-state index in [2.05, 4.69) is 52.3 Å². The number of pyridine rings is 2. The highest BCUT2D eigenvalue weighted by Gasteiger charge is 2.38. The maximum absolute atomic E-state index is 10.6. The van der Waals surface area contributed by atoms with E-state index < -0.39 is 24.3 Å². The number of carbonyl (C=O) groups is 2. The van der Waals surface area contributed by atoms with Crippen LogP contribution in [0.25, 0.3) is 33.9 Å². The number of H-pyrrole nitrogens is 1. The zero-order valence-electron chi connectivity index (χ0n) is 20.5. The fraction of sp³-hybridized carbons (Fsp3) is 0.160. The molecule has 1 aromatic carbocycles. The average molecular weight is 567 g/mol. The molecule has 0 radical (unpaired) electrons. The standard InChI is InChI=1S/C21H17N5.2C2HF3O2/c1-12-5-3-6-13(2)17(12)21-25-18-14-8-10-22-11-16(14)24-20-15(19(18)26-21)7-4-9-23-20;2*3-2(4,5)1(6)7/h3-11H,1-2H3,(H,23,24)(H,25,26);2*(H,6,7). The fourth-order valence-electron chi connectivity index (χ4n) is 3.61. The number of alkyl halides is 6. The summed E-state index contributed by atoms with van der Waals surface area (Å²) in [5.74, 6) is -3.84. The van der Waals surface area contributed by atoms with Crippen LogP contribution in [0.2, 0.25) is 0 Å². The smallest absolute Gasteiger partial charge is 0.475 e. The number of hydrogen-bond acceptors (Lipinski definition) is 6. The summed E-state index contributed by atoms with van der Waals surface area (Å²) < 4.78 is 63.5. The van der Waals surface area contributed by atoms with Gasteiger partial charge in [-0.2, -0.15) is 26.3 Å². The van der Waals surface area contributed by atoms with E-state index in [-0.39, 0.29) is 0 Å². The number of aryl methyl sites for hydroxylation is 2. The number of carboxylic acids is 2. The molecule has 0 unspecified atom stereocenters. The van der Waals surface area contributed by atoms with Crippen LogP contribution in [0.5, 0.6) is 0 Å². The largest absolute Gasteiger partial charge is 0.490 e. The Morgan fingerprint density at radius 1 is 0.825 bits per heavy atom. The van der Waals surface area contributed by atoms with Crippen LogP contribution in [0.15, 0.2) is 55.0 Å². The maximum Gasteiger partial charge on any atom is 0.490 e. The molecule has 15 heteroatoms. The molecule has 0 fully saturated rings. The molecule has 3 aromatic heterocycles. The highest BCUT2D eigenvalue weighted by molar-refractivity contribution is 5.95. The van der Waals surface area contributed by atoms with Crippen LogP contribution in [-0.2, 0) is 9.59 Å². The number of carboxylic acid groups (broad SMARTS) is 2. The molecule has 4 aromatic rings. The van der Waals surface area contributed by atoms with Gasteiger partial charge in [0.25, 0.3) is 0 Å². The molecule has 0 saturated carbocycles. The number of nitrogens with zero attached hydrogens (tertiary/aromatic N) is 3. The molecule has 0 amide bonds. The van der Waals surface area contributed by atoms with Gasteiger partial charge in [-0.25, -0.2) is 19.6 Å². The zero-order chi connectivity index (χ0) is 29.8. The molecule has 4 N–H and O–H groups in total. The van der Waals surface area contributed by atoms with Crippen molar-refractivity contribution in [1.82, 2.24) is 19.9 Å².